The molecular formula is C27H33N5O2. The van der Waals surface area contributed by atoms with Crippen LogP contribution >= 0.6 is 0 Å². The van der Waals surface area contributed by atoms with Crippen molar-refractivity contribution in [2.75, 3.05) is 37.6 Å². The topological polar surface area (TPSA) is 88.5 Å². The van der Waals surface area contributed by atoms with Crippen molar-refractivity contribution in [3.05, 3.63) is 65.7 Å². The van der Waals surface area contributed by atoms with E-state index in [4.69, 9.17) is 5.26 Å². The van der Waals surface area contributed by atoms with Gasteiger partial charge in [-0.25, -0.2) is 0 Å². The summed E-state index contributed by atoms with van der Waals surface area (Å²) >= 11 is 0. The van der Waals surface area contributed by atoms with E-state index in [1.807, 2.05) is 36.4 Å². The number of anilines is 1. The molecule has 2 amide bonds. The van der Waals surface area contributed by atoms with Crippen molar-refractivity contribution in [3.63, 3.8) is 0 Å². The molecule has 2 aliphatic rings. The molecule has 34 heavy (non-hydrogen) atoms. The van der Waals surface area contributed by atoms with Gasteiger partial charge in [0.2, 0.25) is 5.91 Å². The van der Waals surface area contributed by atoms with Gasteiger partial charge in [0.15, 0.2) is 0 Å². The molecule has 0 unspecified atom stereocenters. The lowest BCUT2D eigenvalue weighted by Gasteiger charge is -2.36. The van der Waals surface area contributed by atoms with Gasteiger partial charge in [-0.15, -0.1) is 0 Å². The fraction of sp³-hybridized carbons (Fsp3) is 0.444. The minimum Gasteiger partial charge on any atom is -0.369 e. The minimum absolute atomic E-state index is 0.00201. The maximum atomic E-state index is 12.9. The molecule has 1 aliphatic heterocycles. The molecule has 2 atom stereocenters. The number of carbonyl (C=O) groups excluding carboxylic acids is 2. The lowest BCUT2D eigenvalue weighted by molar-refractivity contribution is -0.126. The number of amides is 2. The fourth-order valence-corrected chi connectivity index (χ4v) is 4.96. The average Bonchev–Trinajstić information content (AvgIpc) is 2.89. The average molecular weight is 460 g/mol. The summed E-state index contributed by atoms with van der Waals surface area (Å²) in [6, 6.07) is 20.1. The van der Waals surface area contributed by atoms with Crippen LogP contribution in [0.15, 0.2) is 54.6 Å². The van der Waals surface area contributed by atoms with Crippen LogP contribution < -0.4 is 15.5 Å². The molecule has 0 spiro atoms. The second kappa shape index (κ2) is 11.7. The zero-order valence-corrected chi connectivity index (χ0v) is 19.6. The van der Waals surface area contributed by atoms with E-state index in [0.717, 1.165) is 64.1 Å². The van der Waals surface area contributed by atoms with Gasteiger partial charge in [0.25, 0.3) is 5.91 Å². The highest BCUT2D eigenvalue weighted by molar-refractivity contribution is 5.95. The predicted molar refractivity (Wildman–Crippen MR) is 132 cm³/mol. The molecule has 2 aromatic rings. The molecule has 2 N–H and O–H groups in total. The number of carbonyl (C=O) groups is 2. The Kier molecular flexibility index (Phi) is 8.16. The van der Waals surface area contributed by atoms with Crippen molar-refractivity contribution in [1.82, 2.24) is 15.5 Å². The highest BCUT2D eigenvalue weighted by Crippen LogP contribution is 2.25. The van der Waals surface area contributed by atoms with E-state index in [1.165, 1.54) is 5.56 Å². The quantitative estimate of drug-likeness (QED) is 0.622. The predicted octanol–water partition coefficient (Wildman–Crippen LogP) is 2.94. The highest BCUT2D eigenvalue weighted by Gasteiger charge is 2.32. The van der Waals surface area contributed by atoms with Crippen LogP contribution in [-0.4, -0.2) is 55.5 Å². The Morgan fingerprint density at radius 3 is 2.35 bits per heavy atom. The van der Waals surface area contributed by atoms with E-state index in [-0.39, 0.29) is 30.3 Å². The molecule has 7 nitrogen and oxygen atoms in total. The highest BCUT2D eigenvalue weighted by atomic mass is 16.2. The first-order valence-electron chi connectivity index (χ1n) is 12.2. The Hall–Kier alpha value is -3.37. The van der Waals surface area contributed by atoms with Crippen LogP contribution in [0.1, 0.15) is 41.6 Å². The third-order valence-corrected chi connectivity index (χ3v) is 6.88. The summed E-state index contributed by atoms with van der Waals surface area (Å²) in [5.74, 6) is -0.574. The van der Waals surface area contributed by atoms with Crippen LogP contribution in [-0.2, 0) is 11.3 Å². The van der Waals surface area contributed by atoms with Crippen molar-refractivity contribution in [1.29, 1.82) is 5.26 Å². The van der Waals surface area contributed by atoms with Crippen molar-refractivity contribution in [2.45, 2.75) is 38.3 Å². The van der Waals surface area contributed by atoms with E-state index in [9.17, 15) is 9.59 Å². The third kappa shape index (κ3) is 6.15. The molecule has 2 aromatic carbocycles. The molecule has 1 heterocycles. The maximum Gasteiger partial charge on any atom is 0.251 e. The van der Waals surface area contributed by atoms with Crippen LogP contribution in [0, 0.1) is 17.2 Å². The molecular weight excluding hydrogens is 426 g/mol. The molecule has 2 fully saturated rings. The number of nitriles is 1. The number of nitrogens with one attached hydrogen (secondary N) is 2. The summed E-state index contributed by atoms with van der Waals surface area (Å²) in [6.45, 7) is 4.91. The summed E-state index contributed by atoms with van der Waals surface area (Å²) in [5.41, 5.74) is 3.07. The second-order valence-corrected chi connectivity index (χ2v) is 9.14. The third-order valence-electron chi connectivity index (χ3n) is 6.88. The molecule has 178 valence electrons. The SMILES string of the molecule is N#CCNC(=O)[C@@H]1CCCC[C@@H]1NC(=O)c1ccc(N2CCN(Cc3ccccc3)CC2)cc1. The Labute approximate surface area is 201 Å². The molecule has 1 saturated carbocycles. The van der Waals surface area contributed by atoms with Crippen molar-refractivity contribution in [2.24, 2.45) is 5.92 Å². The van der Waals surface area contributed by atoms with Gasteiger partial charge in [-0.2, -0.15) is 5.26 Å². The van der Waals surface area contributed by atoms with E-state index >= 15 is 0 Å². The lowest BCUT2D eigenvalue weighted by atomic mass is 9.83. The molecule has 0 aromatic heterocycles. The number of hydrogen-bond acceptors (Lipinski definition) is 5. The summed E-state index contributed by atoms with van der Waals surface area (Å²) < 4.78 is 0. The van der Waals surface area contributed by atoms with Gasteiger partial charge in [-0.1, -0.05) is 43.2 Å². The Morgan fingerprint density at radius 2 is 1.65 bits per heavy atom. The van der Waals surface area contributed by atoms with Crippen LogP contribution in [0.5, 0.6) is 0 Å². The summed E-state index contributed by atoms with van der Waals surface area (Å²) in [5, 5.41) is 14.4. The monoisotopic (exact) mass is 459 g/mol. The first-order valence-corrected chi connectivity index (χ1v) is 12.2. The lowest BCUT2D eigenvalue weighted by Crippen LogP contribution is -2.48. The molecule has 4 rings (SSSR count). The van der Waals surface area contributed by atoms with Crippen molar-refractivity contribution in [3.8, 4) is 6.07 Å². The molecule has 7 heteroatoms. The number of piperazine rings is 1. The van der Waals surface area contributed by atoms with Crippen LogP contribution in [0.25, 0.3) is 0 Å². The molecule has 0 radical (unpaired) electrons. The normalized spacial score (nSPS) is 20.9. The van der Waals surface area contributed by atoms with Gasteiger partial charge in [-0.05, 0) is 42.7 Å². The number of hydrogen-bond donors (Lipinski definition) is 2. The number of rotatable bonds is 7. The summed E-state index contributed by atoms with van der Waals surface area (Å²) in [4.78, 5) is 30.1. The number of nitrogens with zero attached hydrogens (tertiary/aromatic N) is 3. The summed E-state index contributed by atoms with van der Waals surface area (Å²) in [7, 11) is 0. The largest absolute Gasteiger partial charge is 0.369 e. The van der Waals surface area contributed by atoms with Gasteiger partial charge in [0, 0.05) is 50.0 Å². The minimum atomic E-state index is -0.280. The fourth-order valence-electron chi connectivity index (χ4n) is 4.96. The molecule has 0 bridgehead atoms. The van der Waals surface area contributed by atoms with Crippen molar-refractivity contribution >= 4 is 17.5 Å². The van der Waals surface area contributed by atoms with E-state index in [1.54, 1.807) is 0 Å². The van der Waals surface area contributed by atoms with E-state index < -0.39 is 0 Å². The van der Waals surface area contributed by atoms with Gasteiger partial charge >= 0.3 is 0 Å². The Morgan fingerprint density at radius 1 is 0.941 bits per heavy atom. The standard InChI is InChI=1S/C27H33N5O2/c28-14-15-29-27(34)24-8-4-5-9-25(24)30-26(33)22-10-12-23(13-11-22)32-18-16-31(17-19-32)20-21-6-2-1-3-7-21/h1-3,6-7,10-13,24-25H,4-5,8-9,15-20H2,(H,29,34)(H,30,33)/t24-,25+/m1/s1. The maximum absolute atomic E-state index is 12.9. The zero-order valence-electron chi connectivity index (χ0n) is 19.6. The summed E-state index contributed by atoms with van der Waals surface area (Å²) in [6.07, 6.45) is 3.46. The van der Waals surface area contributed by atoms with Crippen LogP contribution in [0.2, 0.25) is 0 Å². The van der Waals surface area contributed by atoms with E-state index in [0.29, 0.717) is 5.56 Å². The second-order valence-electron chi connectivity index (χ2n) is 9.14. The van der Waals surface area contributed by atoms with Gasteiger partial charge in [0.05, 0.1) is 12.0 Å². The first kappa shape index (κ1) is 23.8. The van der Waals surface area contributed by atoms with Gasteiger partial charge in [-0.3, -0.25) is 14.5 Å². The molecule has 1 aliphatic carbocycles. The Bertz CT molecular complexity index is 994. The number of benzene rings is 2. The van der Waals surface area contributed by atoms with Gasteiger partial charge < -0.3 is 15.5 Å². The Balaban J connectivity index is 1.29. The smallest absolute Gasteiger partial charge is 0.251 e. The van der Waals surface area contributed by atoms with Crippen LogP contribution in [0.4, 0.5) is 5.69 Å². The van der Waals surface area contributed by atoms with Crippen molar-refractivity contribution < 1.29 is 9.59 Å². The molecule has 1 saturated heterocycles. The van der Waals surface area contributed by atoms with Crippen LogP contribution in [0.3, 0.4) is 0 Å². The van der Waals surface area contributed by atoms with E-state index in [2.05, 4.69) is 44.7 Å². The zero-order chi connectivity index (χ0) is 23.8. The van der Waals surface area contributed by atoms with Gasteiger partial charge in [0.1, 0.15) is 6.54 Å². The first-order chi connectivity index (χ1) is 16.6.